The quantitative estimate of drug-likeness (QED) is 0.386. The van der Waals surface area contributed by atoms with E-state index < -0.39 is 0 Å². The van der Waals surface area contributed by atoms with Crippen molar-refractivity contribution in [2.24, 2.45) is 0 Å². The minimum absolute atomic E-state index is 0.0902. The first kappa shape index (κ1) is 22.6. The third-order valence-electron chi connectivity index (χ3n) is 5.59. The molecule has 3 aromatic carbocycles. The van der Waals surface area contributed by atoms with Gasteiger partial charge < -0.3 is 15.6 Å². The number of amides is 1. The van der Waals surface area contributed by atoms with Crippen molar-refractivity contribution in [2.75, 3.05) is 11.1 Å². The zero-order chi connectivity index (χ0) is 23.9. The van der Waals surface area contributed by atoms with Crippen LogP contribution in [0.2, 0.25) is 0 Å². The number of nitrogens with one attached hydrogen (secondary N) is 1. The lowest BCUT2D eigenvalue weighted by molar-refractivity contribution is -0.116. The van der Waals surface area contributed by atoms with Gasteiger partial charge in [0, 0.05) is 18.5 Å². The summed E-state index contributed by atoms with van der Waals surface area (Å²) in [6, 6.07) is 30.0. The Labute approximate surface area is 197 Å². The molecule has 0 bridgehead atoms. The molecule has 0 saturated carbocycles. The number of benzene rings is 3. The molecule has 0 aliphatic rings. The fourth-order valence-electron chi connectivity index (χ4n) is 3.89. The van der Waals surface area contributed by atoms with Gasteiger partial charge in [-0.3, -0.25) is 9.59 Å². The first-order valence-electron chi connectivity index (χ1n) is 11.0. The van der Waals surface area contributed by atoms with Gasteiger partial charge in [-0.25, -0.2) is 0 Å². The van der Waals surface area contributed by atoms with Crippen molar-refractivity contribution in [3.63, 3.8) is 0 Å². The third kappa shape index (κ3) is 4.89. The Morgan fingerprint density at radius 1 is 0.912 bits per heavy atom. The first-order chi connectivity index (χ1) is 16.6. The highest BCUT2D eigenvalue weighted by Gasteiger charge is 2.17. The molecule has 4 rings (SSSR count). The van der Waals surface area contributed by atoms with Crippen LogP contribution < -0.4 is 16.6 Å². The van der Waals surface area contributed by atoms with Crippen LogP contribution in [0.5, 0.6) is 0 Å². The van der Waals surface area contributed by atoms with Crippen LogP contribution in [-0.4, -0.2) is 10.5 Å². The lowest BCUT2D eigenvalue weighted by Crippen LogP contribution is -2.26. The van der Waals surface area contributed by atoms with E-state index in [-0.39, 0.29) is 23.5 Å². The van der Waals surface area contributed by atoms with Gasteiger partial charge in [0.1, 0.15) is 11.6 Å². The van der Waals surface area contributed by atoms with Crippen molar-refractivity contribution < 1.29 is 4.79 Å². The molecule has 0 saturated heterocycles. The van der Waals surface area contributed by atoms with Gasteiger partial charge in [-0.15, -0.1) is 0 Å². The molecule has 4 aromatic rings. The lowest BCUT2D eigenvalue weighted by atomic mass is 9.98. The van der Waals surface area contributed by atoms with Crippen molar-refractivity contribution in [3.05, 3.63) is 107 Å². The maximum absolute atomic E-state index is 13.4. The van der Waals surface area contributed by atoms with Crippen molar-refractivity contribution in [1.29, 1.82) is 5.26 Å². The topological polar surface area (TPSA) is 101 Å². The van der Waals surface area contributed by atoms with E-state index in [4.69, 9.17) is 5.73 Å². The summed E-state index contributed by atoms with van der Waals surface area (Å²) in [4.78, 5) is 25.9. The molecule has 6 nitrogen and oxygen atoms in total. The van der Waals surface area contributed by atoms with Gasteiger partial charge in [-0.05, 0) is 35.7 Å². The van der Waals surface area contributed by atoms with Crippen LogP contribution in [0.25, 0.3) is 22.4 Å². The fourth-order valence-corrected chi connectivity index (χ4v) is 3.89. The molecule has 1 amide bonds. The van der Waals surface area contributed by atoms with E-state index in [2.05, 4.69) is 11.4 Å². The van der Waals surface area contributed by atoms with E-state index in [1.807, 2.05) is 66.7 Å². The largest absolute Gasteiger partial charge is 0.397 e. The molecule has 3 N–H and O–H groups in total. The molecule has 0 spiro atoms. The Bertz CT molecular complexity index is 1400. The summed E-state index contributed by atoms with van der Waals surface area (Å²) >= 11 is 0. The monoisotopic (exact) mass is 448 g/mol. The molecule has 0 aliphatic heterocycles. The van der Waals surface area contributed by atoms with E-state index in [1.165, 1.54) is 0 Å². The molecule has 0 aliphatic carbocycles. The van der Waals surface area contributed by atoms with E-state index in [0.29, 0.717) is 35.6 Å². The number of nitrogens with two attached hydrogens (primary N) is 1. The number of hydrogen-bond acceptors (Lipinski definition) is 4. The van der Waals surface area contributed by atoms with E-state index >= 15 is 0 Å². The number of nitrogen functional groups attached to an aromatic ring is 1. The summed E-state index contributed by atoms with van der Waals surface area (Å²) in [6.07, 6.45) is 0.630. The molecule has 6 heteroatoms. The Balaban J connectivity index is 1.65. The van der Waals surface area contributed by atoms with Crippen molar-refractivity contribution in [2.45, 2.75) is 19.4 Å². The van der Waals surface area contributed by atoms with Gasteiger partial charge in [0.2, 0.25) is 5.91 Å². The number of aromatic nitrogens is 1. The minimum atomic E-state index is -0.365. The molecule has 168 valence electrons. The van der Waals surface area contributed by atoms with Gasteiger partial charge >= 0.3 is 0 Å². The van der Waals surface area contributed by atoms with Crippen LogP contribution >= 0.6 is 0 Å². The molecule has 34 heavy (non-hydrogen) atoms. The lowest BCUT2D eigenvalue weighted by Gasteiger charge is -2.17. The highest BCUT2D eigenvalue weighted by Crippen LogP contribution is 2.28. The SMILES string of the molecule is N#Cc1c(-c2ccccc2)cc(-c2ccccc2)n(CCCC(=O)Nc2ccccc2N)c1=O. The summed E-state index contributed by atoms with van der Waals surface area (Å²) in [5, 5.41) is 12.6. The average Bonchev–Trinajstić information content (AvgIpc) is 2.87. The van der Waals surface area contributed by atoms with E-state index in [1.54, 1.807) is 28.8 Å². The summed E-state index contributed by atoms with van der Waals surface area (Å²) in [5.41, 5.74) is 9.65. The standard InChI is InChI=1S/C28H24N4O2/c29-19-23-22(20-10-3-1-4-11-20)18-26(21-12-5-2-6-13-21)32(28(23)34)17-9-16-27(33)31-25-15-8-7-14-24(25)30/h1-8,10-15,18H,9,16-17,30H2,(H,31,33). The Hall–Kier alpha value is -4.63. The highest BCUT2D eigenvalue weighted by molar-refractivity contribution is 5.93. The van der Waals surface area contributed by atoms with Crippen LogP contribution in [0, 0.1) is 11.3 Å². The van der Waals surface area contributed by atoms with Crippen molar-refractivity contribution in [3.8, 4) is 28.5 Å². The Morgan fingerprint density at radius 3 is 2.18 bits per heavy atom. The summed E-state index contributed by atoms with van der Waals surface area (Å²) in [5.74, 6) is -0.186. The van der Waals surface area contributed by atoms with Crippen LogP contribution in [-0.2, 0) is 11.3 Å². The van der Waals surface area contributed by atoms with Gasteiger partial charge in [0.05, 0.1) is 17.1 Å². The molecule has 0 radical (unpaired) electrons. The fraction of sp³-hybridized carbons (Fsp3) is 0.107. The Kier molecular flexibility index (Phi) is 6.85. The average molecular weight is 449 g/mol. The number of carbonyl (C=O) groups excluding carboxylic acids is 1. The second-order valence-corrected chi connectivity index (χ2v) is 7.86. The number of nitrogens with zero attached hydrogens (tertiary/aromatic N) is 2. The normalized spacial score (nSPS) is 10.4. The van der Waals surface area contributed by atoms with Crippen molar-refractivity contribution >= 4 is 17.3 Å². The number of rotatable bonds is 7. The summed E-state index contributed by atoms with van der Waals surface area (Å²) in [6.45, 7) is 0.296. The molecule has 0 unspecified atom stereocenters. The molecular weight excluding hydrogens is 424 g/mol. The maximum atomic E-state index is 13.4. The molecule has 0 atom stereocenters. The predicted octanol–water partition coefficient (Wildman–Crippen LogP) is 5.06. The summed E-state index contributed by atoms with van der Waals surface area (Å²) < 4.78 is 1.59. The number of hydrogen-bond donors (Lipinski definition) is 2. The van der Waals surface area contributed by atoms with Crippen molar-refractivity contribution in [1.82, 2.24) is 4.57 Å². The molecule has 1 aromatic heterocycles. The molecular formula is C28H24N4O2. The maximum Gasteiger partial charge on any atom is 0.269 e. The van der Waals surface area contributed by atoms with Crippen LogP contribution in [0.1, 0.15) is 18.4 Å². The third-order valence-corrected chi connectivity index (χ3v) is 5.59. The summed E-state index contributed by atoms with van der Waals surface area (Å²) in [7, 11) is 0. The van der Waals surface area contributed by atoms with Gasteiger partial charge in [0.15, 0.2) is 0 Å². The number of nitriles is 1. The van der Waals surface area contributed by atoms with E-state index in [9.17, 15) is 14.9 Å². The van der Waals surface area contributed by atoms with Crippen LogP contribution in [0.3, 0.4) is 0 Å². The van der Waals surface area contributed by atoms with E-state index in [0.717, 1.165) is 11.1 Å². The van der Waals surface area contributed by atoms with Gasteiger partial charge in [-0.1, -0.05) is 72.8 Å². The van der Waals surface area contributed by atoms with Crippen LogP contribution in [0.4, 0.5) is 11.4 Å². The highest BCUT2D eigenvalue weighted by atomic mass is 16.1. The number of para-hydroxylation sites is 2. The number of pyridine rings is 1. The second kappa shape index (κ2) is 10.3. The predicted molar refractivity (Wildman–Crippen MR) is 135 cm³/mol. The van der Waals surface area contributed by atoms with Gasteiger partial charge in [-0.2, -0.15) is 5.26 Å². The zero-order valence-electron chi connectivity index (χ0n) is 18.6. The molecule has 0 fully saturated rings. The van der Waals surface area contributed by atoms with Crippen LogP contribution in [0.15, 0.2) is 95.8 Å². The second-order valence-electron chi connectivity index (χ2n) is 7.86. The van der Waals surface area contributed by atoms with Gasteiger partial charge in [0.25, 0.3) is 5.56 Å². The molecule has 1 heterocycles. The zero-order valence-corrected chi connectivity index (χ0v) is 18.6. The Morgan fingerprint density at radius 2 is 1.53 bits per heavy atom. The minimum Gasteiger partial charge on any atom is -0.397 e. The number of anilines is 2. The number of carbonyl (C=O) groups is 1. The first-order valence-corrected chi connectivity index (χ1v) is 11.0. The smallest absolute Gasteiger partial charge is 0.269 e.